The van der Waals surface area contributed by atoms with Crippen molar-refractivity contribution >= 4 is 15.9 Å². The normalized spacial score (nSPS) is 12.4. The van der Waals surface area contributed by atoms with E-state index in [4.69, 9.17) is 0 Å². The van der Waals surface area contributed by atoms with Crippen LogP contribution in [0.3, 0.4) is 0 Å². The van der Waals surface area contributed by atoms with Crippen molar-refractivity contribution in [2.24, 2.45) is 0 Å². The van der Waals surface area contributed by atoms with E-state index in [2.05, 4.69) is 33.2 Å². The molecule has 0 spiro atoms. The van der Waals surface area contributed by atoms with Crippen LogP contribution in [-0.4, -0.2) is 11.5 Å². The van der Waals surface area contributed by atoms with Crippen LogP contribution in [0.1, 0.15) is 24.1 Å². The van der Waals surface area contributed by atoms with Crippen molar-refractivity contribution < 1.29 is 4.39 Å². The lowest BCUT2D eigenvalue weighted by Crippen LogP contribution is -2.23. The molecule has 0 saturated heterocycles. The summed E-state index contributed by atoms with van der Waals surface area (Å²) < 4.78 is 13.8. The maximum Gasteiger partial charge on any atom is 0.137 e. The van der Waals surface area contributed by atoms with E-state index in [1.807, 2.05) is 24.3 Å². The Hall–Kier alpha value is -1.26. The average Bonchev–Trinajstić information content (AvgIpc) is 2.43. The van der Waals surface area contributed by atoms with Gasteiger partial charge in [-0.2, -0.15) is 0 Å². The smallest absolute Gasteiger partial charge is 0.137 e. The molecule has 0 amide bonds. The highest BCUT2D eigenvalue weighted by Crippen LogP contribution is 2.23. The molecule has 1 aromatic heterocycles. The lowest BCUT2D eigenvalue weighted by atomic mass is 9.99. The number of rotatable bonds is 5. The van der Waals surface area contributed by atoms with Crippen molar-refractivity contribution in [3.05, 3.63) is 64.1 Å². The molecule has 0 fully saturated rings. The lowest BCUT2D eigenvalue weighted by Gasteiger charge is -2.19. The molecule has 1 unspecified atom stereocenters. The second kappa shape index (κ2) is 6.78. The van der Waals surface area contributed by atoms with E-state index in [1.165, 1.54) is 11.6 Å². The number of hydrogen-bond donors (Lipinski definition) is 1. The third-order valence-corrected chi connectivity index (χ3v) is 3.59. The first kappa shape index (κ1) is 14.2. The zero-order chi connectivity index (χ0) is 13.7. The van der Waals surface area contributed by atoms with Gasteiger partial charge in [-0.25, -0.2) is 4.39 Å². The molecule has 2 rings (SSSR count). The number of likely N-dealkylation sites (N-methyl/N-ethyl adjacent to an activating group) is 1. The van der Waals surface area contributed by atoms with Crippen LogP contribution in [-0.2, 0) is 6.42 Å². The minimum atomic E-state index is -0.233. The Morgan fingerprint density at radius 3 is 2.63 bits per heavy atom. The highest BCUT2D eigenvalue weighted by Gasteiger charge is 2.12. The summed E-state index contributed by atoms with van der Waals surface area (Å²) in [5.41, 5.74) is 2.29. The predicted octanol–water partition coefficient (Wildman–Crippen LogP) is 3.88. The molecule has 0 bridgehead atoms. The van der Waals surface area contributed by atoms with Crippen LogP contribution in [0, 0.1) is 5.82 Å². The van der Waals surface area contributed by atoms with Gasteiger partial charge in [0, 0.05) is 18.4 Å². The van der Waals surface area contributed by atoms with E-state index >= 15 is 0 Å². The number of hydrogen-bond acceptors (Lipinski definition) is 2. The Bertz CT molecular complexity index is 531. The number of halogens is 2. The number of benzene rings is 1. The number of nitrogens with zero attached hydrogens (tertiary/aromatic N) is 1. The highest BCUT2D eigenvalue weighted by molar-refractivity contribution is 9.10. The standard InChI is InChI=1S/C15H16BrFN2/c1-2-19-15(9-11-5-7-18-8-6-11)12-3-4-14(17)13(16)10-12/h3-8,10,15,19H,2,9H2,1H3. The van der Waals surface area contributed by atoms with Gasteiger partial charge in [0.2, 0.25) is 0 Å². The number of pyridine rings is 1. The van der Waals surface area contributed by atoms with Crippen molar-refractivity contribution in [1.82, 2.24) is 10.3 Å². The van der Waals surface area contributed by atoms with Crippen LogP contribution in [0.5, 0.6) is 0 Å². The summed E-state index contributed by atoms with van der Waals surface area (Å²) in [6, 6.07) is 9.34. The maximum absolute atomic E-state index is 13.3. The monoisotopic (exact) mass is 322 g/mol. The Balaban J connectivity index is 2.21. The molecule has 0 saturated carbocycles. The number of aromatic nitrogens is 1. The summed E-state index contributed by atoms with van der Waals surface area (Å²) in [6.07, 6.45) is 4.44. The van der Waals surface area contributed by atoms with Gasteiger partial charge >= 0.3 is 0 Å². The summed E-state index contributed by atoms with van der Waals surface area (Å²) in [4.78, 5) is 4.02. The largest absolute Gasteiger partial charge is 0.310 e. The average molecular weight is 323 g/mol. The molecule has 1 heterocycles. The molecule has 1 N–H and O–H groups in total. The third-order valence-electron chi connectivity index (χ3n) is 2.99. The van der Waals surface area contributed by atoms with Gasteiger partial charge in [-0.05, 0) is 64.3 Å². The van der Waals surface area contributed by atoms with Gasteiger partial charge in [-0.15, -0.1) is 0 Å². The van der Waals surface area contributed by atoms with Crippen molar-refractivity contribution in [1.29, 1.82) is 0 Å². The van der Waals surface area contributed by atoms with E-state index in [1.54, 1.807) is 12.4 Å². The van der Waals surface area contributed by atoms with E-state index in [0.717, 1.165) is 18.5 Å². The van der Waals surface area contributed by atoms with Gasteiger partial charge in [0.15, 0.2) is 0 Å². The molecule has 0 aliphatic heterocycles. The van der Waals surface area contributed by atoms with E-state index < -0.39 is 0 Å². The lowest BCUT2D eigenvalue weighted by molar-refractivity contribution is 0.546. The first-order valence-electron chi connectivity index (χ1n) is 6.28. The van der Waals surface area contributed by atoms with Gasteiger partial charge in [-0.1, -0.05) is 13.0 Å². The fraction of sp³-hybridized carbons (Fsp3) is 0.267. The molecule has 0 aliphatic carbocycles. The Morgan fingerprint density at radius 2 is 2.00 bits per heavy atom. The zero-order valence-corrected chi connectivity index (χ0v) is 12.3. The second-order valence-corrected chi connectivity index (χ2v) is 5.20. The van der Waals surface area contributed by atoms with Crippen LogP contribution in [0.15, 0.2) is 47.2 Å². The molecule has 1 aromatic carbocycles. The molecule has 1 atom stereocenters. The summed E-state index contributed by atoms with van der Waals surface area (Å²) in [5.74, 6) is -0.233. The molecule has 0 radical (unpaired) electrons. The SMILES string of the molecule is CCNC(Cc1ccncc1)c1ccc(F)c(Br)c1. The van der Waals surface area contributed by atoms with Gasteiger partial charge in [0.25, 0.3) is 0 Å². The van der Waals surface area contributed by atoms with Crippen molar-refractivity contribution in [3.63, 3.8) is 0 Å². The van der Waals surface area contributed by atoms with Gasteiger partial charge in [0.1, 0.15) is 5.82 Å². The molecule has 19 heavy (non-hydrogen) atoms. The Labute approximate surface area is 121 Å². The molecule has 0 aliphatic rings. The van der Waals surface area contributed by atoms with Crippen LogP contribution in [0.25, 0.3) is 0 Å². The number of nitrogens with one attached hydrogen (secondary N) is 1. The highest BCUT2D eigenvalue weighted by atomic mass is 79.9. The van der Waals surface area contributed by atoms with Crippen molar-refractivity contribution in [2.45, 2.75) is 19.4 Å². The second-order valence-electron chi connectivity index (χ2n) is 4.34. The maximum atomic E-state index is 13.3. The first-order valence-corrected chi connectivity index (χ1v) is 7.07. The molecule has 100 valence electrons. The fourth-order valence-electron chi connectivity index (χ4n) is 2.04. The van der Waals surface area contributed by atoms with Gasteiger partial charge < -0.3 is 5.32 Å². The quantitative estimate of drug-likeness (QED) is 0.903. The van der Waals surface area contributed by atoms with Crippen molar-refractivity contribution in [2.75, 3.05) is 6.54 Å². The van der Waals surface area contributed by atoms with Crippen LogP contribution < -0.4 is 5.32 Å². The molecule has 2 nitrogen and oxygen atoms in total. The summed E-state index contributed by atoms with van der Waals surface area (Å²) in [5, 5.41) is 3.43. The van der Waals surface area contributed by atoms with Crippen LogP contribution >= 0.6 is 15.9 Å². The Kier molecular flexibility index (Phi) is 5.05. The van der Waals surface area contributed by atoms with E-state index in [0.29, 0.717) is 4.47 Å². The topological polar surface area (TPSA) is 24.9 Å². The summed E-state index contributed by atoms with van der Waals surface area (Å²) in [7, 11) is 0. The fourth-order valence-corrected chi connectivity index (χ4v) is 2.43. The zero-order valence-electron chi connectivity index (χ0n) is 10.7. The van der Waals surface area contributed by atoms with Crippen molar-refractivity contribution in [3.8, 4) is 0 Å². The van der Waals surface area contributed by atoms with Gasteiger partial charge in [-0.3, -0.25) is 4.98 Å². The minimum Gasteiger partial charge on any atom is -0.310 e. The molecule has 2 aromatic rings. The summed E-state index contributed by atoms with van der Waals surface area (Å²) in [6.45, 7) is 2.93. The van der Waals surface area contributed by atoms with Crippen LogP contribution in [0.4, 0.5) is 4.39 Å². The molecular weight excluding hydrogens is 307 g/mol. The first-order chi connectivity index (χ1) is 9.20. The molecule has 4 heteroatoms. The minimum absolute atomic E-state index is 0.171. The van der Waals surface area contributed by atoms with Crippen LogP contribution in [0.2, 0.25) is 0 Å². The van der Waals surface area contributed by atoms with Gasteiger partial charge in [0.05, 0.1) is 4.47 Å². The molecular formula is C15H16BrFN2. The Morgan fingerprint density at radius 1 is 1.26 bits per heavy atom. The van der Waals surface area contributed by atoms with E-state index in [9.17, 15) is 4.39 Å². The summed E-state index contributed by atoms with van der Waals surface area (Å²) >= 11 is 3.24. The third kappa shape index (κ3) is 3.85. The van der Waals surface area contributed by atoms with E-state index in [-0.39, 0.29) is 11.9 Å². The predicted molar refractivity (Wildman–Crippen MR) is 78.5 cm³/mol.